The summed E-state index contributed by atoms with van der Waals surface area (Å²) < 4.78 is 16.9. The number of amides is 2. The highest BCUT2D eigenvalue weighted by molar-refractivity contribution is 5.81. The molecule has 0 aliphatic heterocycles. The van der Waals surface area contributed by atoms with Gasteiger partial charge in [0.1, 0.15) is 12.4 Å². The Kier molecular flexibility index (Phi) is 5.37. The largest absolute Gasteiger partial charge is 0.468 e. The first-order chi connectivity index (χ1) is 8.61. The molecule has 0 aromatic heterocycles. The van der Waals surface area contributed by atoms with Crippen LogP contribution in [0.25, 0.3) is 6.08 Å². The van der Waals surface area contributed by atoms with Crippen LogP contribution in [-0.2, 0) is 9.53 Å². The molecular formula is C12H13FN2O3. The van der Waals surface area contributed by atoms with Gasteiger partial charge in [-0.05, 0) is 23.8 Å². The number of nitrogens with one attached hydrogen (secondary N) is 2. The van der Waals surface area contributed by atoms with E-state index in [0.29, 0.717) is 0 Å². The first-order valence-corrected chi connectivity index (χ1v) is 5.15. The van der Waals surface area contributed by atoms with E-state index in [-0.39, 0.29) is 12.4 Å². The molecule has 18 heavy (non-hydrogen) atoms. The van der Waals surface area contributed by atoms with Crippen LogP contribution in [0.1, 0.15) is 5.56 Å². The van der Waals surface area contributed by atoms with Gasteiger partial charge in [0.15, 0.2) is 0 Å². The molecule has 96 valence electrons. The number of carbonyl (C=O) groups is 2. The molecule has 0 aliphatic carbocycles. The fourth-order valence-electron chi connectivity index (χ4n) is 1.06. The molecule has 2 amide bonds. The second-order valence-electron chi connectivity index (χ2n) is 3.29. The summed E-state index contributed by atoms with van der Waals surface area (Å²) in [4.78, 5) is 21.9. The van der Waals surface area contributed by atoms with Crippen LogP contribution < -0.4 is 10.6 Å². The lowest BCUT2D eigenvalue weighted by Crippen LogP contribution is -2.36. The topological polar surface area (TPSA) is 67.4 Å². The molecular weight excluding hydrogens is 239 g/mol. The Bertz CT molecular complexity index is 443. The fourth-order valence-corrected chi connectivity index (χ4v) is 1.06. The van der Waals surface area contributed by atoms with Gasteiger partial charge in [0.25, 0.3) is 0 Å². The molecule has 0 saturated carbocycles. The SMILES string of the molecule is COC(=O)CNC(=O)N/C=C/c1ccc(F)cc1. The van der Waals surface area contributed by atoms with Crippen LogP contribution in [0.5, 0.6) is 0 Å². The van der Waals surface area contributed by atoms with E-state index in [9.17, 15) is 14.0 Å². The Labute approximate surface area is 104 Å². The molecule has 0 saturated heterocycles. The number of hydrogen-bond acceptors (Lipinski definition) is 3. The molecule has 0 fully saturated rings. The van der Waals surface area contributed by atoms with Crippen molar-refractivity contribution in [3.05, 3.63) is 41.8 Å². The van der Waals surface area contributed by atoms with Crippen LogP contribution in [0.15, 0.2) is 30.5 Å². The molecule has 5 nitrogen and oxygen atoms in total. The highest BCUT2D eigenvalue weighted by Crippen LogP contribution is 2.03. The summed E-state index contributed by atoms with van der Waals surface area (Å²) in [5, 5.41) is 4.69. The lowest BCUT2D eigenvalue weighted by Gasteiger charge is -2.02. The maximum absolute atomic E-state index is 12.6. The van der Waals surface area contributed by atoms with Crippen LogP contribution in [-0.4, -0.2) is 25.7 Å². The van der Waals surface area contributed by atoms with Crippen LogP contribution >= 0.6 is 0 Å². The van der Waals surface area contributed by atoms with E-state index in [4.69, 9.17) is 0 Å². The second-order valence-corrected chi connectivity index (χ2v) is 3.29. The summed E-state index contributed by atoms with van der Waals surface area (Å²) in [5.41, 5.74) is 0.740. The van der Waals surface area contributed by atoms with Crippen molar-refractivity contribution in [2.75, 3.05) is 13.7 Å². The molecule has 2 N–H and O–H groups in total. The predicted octanol–water partition coefficient (Wildman–Crippen LogP) is 1.27. The third-order valence-electron chi connectivity index (χ3n) is 1.98. The number of benzene rings is 1. The zero-order chi connectivity index (χ0) is 13.4. The summed E-state index contributed by atoms with van der Waals surface area (Å²) in [6.45, 7) is -0.202. The number of hydrogen-bond donors (Lipinski definition) is 2. The third kappa shape index (κ3) is 5.11. The fraction of sp³-hybridized carbons (Fsp3) is 0.167. The number of carbonyl (C=O) groups excluding carboxylic acids is 2. The standard InChI is InChI=1S/C12H13FN2O3/c1-18-11(16)8-15-12(17)14-7-6-9-2-4-10(13)5-3-9/h2-7H,8H2,1H3,(H2,14,15,17)/b7-6+. The zero-order valence-electron chi connectivity index (χ0n) is 9.77. The lowest BCUT2D eigenvalue weighted by molar-refractivity contribution is -0.139. The number of urea groups is 1. The maximum Gasteiger partial charge on any atom is 0.325 e. The van der Waals surface area contributed by atoms with E-state index < -0.39 is 12.0 Å². The summed E-state index contributed by atoms with van der Waals surface area (Å²) in [7, 11) is 1.23. The van der Waals surface area contributed by atoms with E-state index in [1.807, 2.05) is 0 Å². The molecule has 0 spiro atoms. The molecule has 0 aliphatic rings. The van der Waals surface area contributed by atoms with E-state index in [0.717, 1.165) is 5.56 Å². The van der Waals surface area contributed by atoms with E-state index >= 15 is 0 Å². The van der Waals surface area contributed by atoms with Crippen molar-refractivity contribution >= 4 is 18.1 Å². The minimum absolute atomic E-state index is 0.202. The van der Waals surface area contributed by atoms with Gasteiger partial charge < -0.3 is 15.4 Å². The monoisotopic (exact) mass is 252 g/mol. The number of ether oxygens (including phenoxy) is 1. The molecule has 1 aromatic rings. The van der Waals surface area contributed by atoms with E-state index in [2.05, 4.69) is 15.4 Å². The van der Waals surface area contributed by atoms with Crippen LogP contribution in [0.3, 0.4) is 0 Å². The number of halogens is 1. The summed E-state index contributed by atoms with van der Waals surface area (Å²) >= 11 is 0. The van der Waals surface area contributed by atoms with Crippen molar-refractivity contribution in [3.8, 4) is 0 Å². The summed E-state index contributed by atoms with van der Waals surface area (Å²) in [5.74, 6) is -0.858. The predicted molar refractivity (Wildman–Crippen MR) is 64.0 cm³/mol. The minimum atomic E-state index is -0.535. The Morgan fingerprint density at radius 2 is 2.00 bits per heavy atom. The molecule has 0 heterocycles. The first kappa shape index (κ1) is 13.7. The van der Waals surface area contributed by atoms with Crippen LogP contribution in [0.2, 0.25) is 0 Å². The summed E-state index contributed by atoms with van der Waals surface area (Å²) in [6.07, 6.45) is 2.98. The van der Waals surface area contributed by atoms with Crippen molar-refractivity contribution < 1.29 is 18.7 Å². The molecule has 6 heteroatoms. The smallest absolute Gasteiger partial charge is 0.325 e. The molecule has 1 rings (SSSR count). The summed E-state index contributed by atoms with van der Waals surface area (Å²) in [6, 6.07) is 5.24. The second kappa shape index (κ2) is 7.05. The Morgan fingerprint density at radius 3 is 2.61 bits per heavy atom. The van der Waals surface area contributed by atoms with Crippen molar-refractivity contribution in [3.63, 3.8) is 0 Å². The van der Waals surface area contributed by atoms with Gasteiger partial charge in [-0.25, -0.2) is 9.18 Å². The van der Waals surface area contributed by atoms with Crippen molar-refractivity contribution in [1.82, 2.24) is 10.6 Å². The Balaban J connectivity index is 2.33. The normalized spacial score (nSPS) is 10.1. The zero-order valence-corrected chi connectivity index (χ0v) is 9.77. The maximum atomic E-state index is 12.6. The molecule has 0 unspecified atom stereocenters. The van der Waals surface area contributed by atoms with Crippen molar-refractivity contribution in [2.45, 2.75) is 0 Å². The third-order valence-corrected chi connectivity index (χ3v) is 1.98. The van der Waals surface area contributed by atoms with Crippen LogP contribution in [0, 0.1) is 5.82 Å². The highest BCUT2D eigenvalue weighted by atomic mass is 19.1. The van der Waals surface area contributed by atoms with Crippen molar-refractivity contribution in [1.29, 1.82) is 0 Å². The molecule has 1 aromatic carbocycles. The quantitative estimate of drug-likeness (QED) is 0.793. The van der Waals surface area contributed by atoms with Gasteiger partial charge in [-0.15, -0.1) is 0 Å². The van der Waals surface area contributed by atoms with Gasteiger partial charge in [0, 0.05) is 6.20 Å². The Morgan fingerprint density at radius 1 is 1.33 bits per heavy atom. The average Bonchev–Trinajstić information content (AvgIpc) is 2.38. The molecule has 0 bridgehead atoms. The van der Waals surface area contributed by atoms with Gasteiger partial charge in [-0.2, -0.15) is 0 Å². The van der Waals surface area contributed by atoms with Crippen molar-refractivity contribution in [2.24, 2.45) is 0 Å². The highest BCUT2D eigenvalue weighted by Gasteiger charge is 2.02. The average molecular weight is 252 g/mol. The first-order valence-electron chi connectivity index (χ1n) is 5.15. The lowest BCUT2D eigenvalue weighted by atomic mass is 10.2. The number of rotatable bonds is 4. The van der Waals surface area contributed by atoms with E-state index in [1.165, 1.54) is 25.4 Å². The van der Waals surface area contributed by atoms with Gasteiger partial charge in [0.2, 0.25) is 0 Å². The molecule has 0 radical (unpaired) electrons. The van der Waals surface area contributed by atoms with Gasteiger partial charge >= 0.3 is 12.0 Å². The molecule has 0 atom stereocenters. The van der Waals surface area contributed by atoms with E-state index in [1.54, 1.807) is 18.2 Å². The minimum Gasteiger partial charge on any atom is -0.468 e. The number of methoxy groups -OCH3 is 1. The number of esters is 1. The van der Waals surface area contributed by atoms with Crippen LogP contribution in [0.4, 0.5) is 9.18 Å². The van der Waals surface area contributed by atoms with Gasteiger partial charge in [-0.1, -0.05) is 12.1 Å². The van der Waals surface area contributed by atoms with Gasteiger partial charge in [0.05, 0.1) is 7.11 Å². The Hall–Kier alpha value is -2.37. The van der Waals surface area contributed by atoms with Gasteiger partial charge in [-0.3, -0.25) is 4.79 Å².